The fourth-order valence-electron chi connectivity index (χ4n) is 2.36. The predicted octanol–water partition coefficient (Wildman–Crippen LogP) is 1.59. The first-order chi connectivity index (χ1) is 8.18. The zero-order valence-corrected chi connectivity index (χ0v) is 9.76. The van der Waals surface area contributed by atoms with Crippen molar-refractivity contribution >= 4 is 11.9 Å². The molecule has 2 aliphatic rings. The second kappa shape index (κ2) is 5.17. The number of nitrogens with zero attached hydrogens (tertiary/aromatic N) is 1. The van der Waals surface area contributed by atoms with Crippen LogP contribution in [0.15, 0.2) is 23.8 Å². The minimum atomic E-state index is -0.911. The summed E-state index contributed by atoms with van der Waals surface area (Å²) in [7, 11) is 0. The molecule has 0 aromatic carbocycles. The molecule has 0 bridgehead atoms. The van der Waals surface area contributed by atoms with Crippen molar-refractivity contribution in [1.82, 2.24) is 4.90 Å². The van der Waals surface area contributed by atoms with Gasteiger partial charge in [-0.2, -0.15) is 0 Å². The van der Waals surface area contributed by atoms with Gasteiger partial charge < -0.3 is 10.0 Å². The third-order valence-electron chi connectivity index (χ3n) is 3.36. The summed E-state index contributed by atoms with van der Waals surface area (Å²) < 4.78 is 0. The van der Waals surface area contributed by atoms with Crippen molar-refractivity contribution in [1.29, 1.82) is 0 Å². The number of carbonyl (C=O) groups is 2. The van der Waals surface area contributed by atoms with Crippen molar-refractivity contribution in [2.24, 2.45) is 5.92 Å². The van der Waals surface area contributed by atoms with Gasteiger partial charge in [-0.3, -0.25) is 4.79 Å². The first-order valence-corrected chi connectivity index (χ1v) is 6.04. The number of hydrogen-bond acceptors (Lipinski definition) is 2. The van der Waals surface area contributed by atoms with E-state index in [9.17, 15) is 9.59 Å². The lowest BCUT2D eigenvalue weighted by molar-refractivity contribution is -0.137. The molecule has 0 saturated heterocycles. The summed E-state index contributed by atoms with van der Waals surface area (Å²) in [6, 6.07) is 0. The Morgan fingerprint density at radius 3 is 2.76 bits per heavy atom. The van der Waals surface area contributed by atoms with Crippen molar-refractivity contribution in [2.45, 2.75) is 25.7 Å². The molecular formula is C13H17NO3. The highest BCUT2D eigenvalue weighted by molar-refractivity contribution is 5.89. The molecule has 4 heteroatoms. The van der Waals surface area contributed by atoms with E-state index in [-0.39, 0.29) is 18.4 Å². The second-order valence-electron chi connectivity index (χ2n) is 4.56. The lowest BCUT2D eigenvalue weighted by atomic mass is 9.92. The summed E-state index contributed by atoms with van der Waals surface area (Å²) in [5.41, 5.74) is 0.343. The lowest BCUT2D eigenvalue weighted by Gasteiger charge is -2.30. The number of carbonyl (C=O) groups excluding carboxylic acids is 1. The Bertz CT molecular complexity index is 384. The minimum absolute atomic E-state index is 0.0492. The third-order valence-corrected chi connectivity index (χ3v) is 3.36. The Morgan fingerprint density at radius 1 is 1.29 bits per heavy atom. The molecule has 2 rings (SSSR count). The van der Waals surface area contributed by atoms with E-state index in [0.717, 1.165) is 19.3 Å². The monoisotopic (exact) mass is 235 g/mol. The highest BCUT2D eigenvalue weighted by Crippen LogP contribution is 2.22. The summed E-state index contributed by atoms with van der Waals surface area (Å²) in [6.45, 7) is 0.907. The Morgan fingerprint density at radius 2 is 2.12 bits per heavy atom. The van der Waals surface area contributed by atoms with Gasteiger partial charge >= 0.3 is 5.97 Å². The highest BCUT2D eigenvalue weighted by atomic mass is 16.4. The summed E-state index contributed by atoms with van der Waals surface area (Å²) in [4.78, 5) is 24.8. The van der Waals surface area contributed by atoms with Gasteiger partial charge in [0.1, 0.15) is 0 Å². The van der Waals surface area contributed by atoms with E-state index >= 15 is 0 Å². The molecule has 0 unspecified atom stereocenters. The van der Waals surface area contributed by atoms with Crippen molar-refractivity contribution < 1.29 is 14.7 Å². The first-order valence-electron chi connectivity index (χ1n) is 6.04. The van der Waals surface area contributed by atoms with Crippen LogP contribution in [-0.4, -0.2) is 35.0 Å². The molecule has 1 amide bonds. The zero-order valence-electron chi connectivity index (χ0n) is 9.76. The molecule has 0 spiro atoms. The molecule has 1 atom stereocenters. The number of hydrogen-bond donors (Lipinski definition) is 1. The summed E-state index contributed by atoms with van der Waals surface area (Å²) in [5.74, 6) is -0.750. The van der Waals surface area contributed by atoms with Gasteiger partial charge in [0.15, 0.2) is 0 Å². The molecule has 0 saturated carbocycles. The van der Waals surface area contributed by atoms with Crippen molar-refractivity contribution in [3.05, 3.63) is 23.8 Å². The summed E-state index contributed by atoms with van der Waals surface area (Å²) in [6.07, 6.45) is 9.14. The molecular weight excluding hydrogens is 218 g/mol. The van der Waals surface area contributed by atoms with E-state index in [1.165, 1.54) is 0 Å². The van der Waals surface area contributed by atoms with Crippen molar-refractivity contribution in [3.63, 3.8) is 0 Å². The van der Waals surface area contributed by atoms with E-state index in [4.69, 9.17) is 5.11 Å². The summed E-state index contributed by atoms with van der Waals surface area (Å²) >= 11 is 0. The Balaban J connectivity index is 1.99. The third kappa shape index (κ3) is 2.75. The Kier molecular flexibility index (Phi) is 3.61. The van der Waals surface area contributed by atoms with E-state index in [1.54, 1.807) is 11.0 Å². The molecule has 0 aromatic rings. The Labute approximate surface area is 101 Å². The van der Waals surface area contributed by atoms with Gasteiger partial charge in [0.25, 0.3) is 0 Å². The number of allylic oxidation sites excluding steroid dienone is 2. The zero-order chi connectivity index (χ0) is 12.3. The van der Waals surface area contributed by atoms with Crippen molar-refractivity contribution in [3.8, 4) is 0 Å². The van der Waals surface area contributed by atoms with Crippen LogP contribution in [0, 0.1) is 5.92 Å². The number of amides is 1. The average Bonchev–Trinajstić information content (AvgIpc) is 2.39. The topological polar surface area (TPSA) is 57.6 Å². The van der Waals surface area contributed by atoms with Gasteiger partial charge in [-0.25, -0.2) is 4.79 Å². The average molecular weight is 235 g/mol. The van der Waals surface area contributed by atoms with Crippen molar-refractivity contribution in [2.75, 3.05) is 13.1 Å². The molecule has 17 heavy (non-hydrogen) atoms. The molecule has 1 aliphatic carbocycles. The van der Waals surface area contributed by atoms with E-state index < -0.39 is 5.97 Å². The van der Waals surface area contributed by atoms with Crippen LogP contribution in [0.1, 0.15) is 25.7 Å². The van der Waals surface area contributed by atoms with Crippen LogP contribution in [0.25, 0.3) is 0 Å². The van der Waals surface area contributed by atoms with Crippen LogP contribution in [-0.2, 0) is 9.59 Å². The molecule has 1 aliphatic heterocycles. The smallest absolute Gasteiger partial charge is 0.333 e. The highest BCUT2D eigenvalue weighted by Gasteiger charge is 2.27. The van der Waals surface area contributed by atoms with Gasteiger partial charge in [0.05, 0.1) is 12.1 Å². The van der Waals surface area contributed by atoms with Crippen LogP contribution in [0.2, 0.25) is 0 Å². The van der Waals surface area contributed by atoms with Gasteiger partial charge in [0, 0.05) is 12.5 Å². The standard InChI is InChI=1S/C13H17NO3/c15-12(10-5-2-1-3-6-10)14-8-4-7-11(9-14)13(16)17/h1-2,7,10H,3-6,8-9H2,(H,16,17)/t10-/m0/s1. The van der Waals surface area contributed by atoms with Crippen LogP contribution in [0.3, 0.4) is 0 Å². The van der Waals surface area contributed by atoms with Gasteiger partial charge in [-0.05, 0) is 25.7 Å². The first kappa shape index (κ1) is 11.9. The maximum absolute atomic E-state index is 12.2. The summed E-state index contributed by atoms with van der Waals surface area (Å²) in [5, 5.41) is 8.93. The SMILES string of the molecule is O=C(O)C1=CCCN(C(=O)[C@H]2CC=CCC2)C1. The van der Waals surface area contributed by atoms with Crippen LogP contribution in [0.4, 0.5) is 0 Å². The molecule has 1 N–H and O–H groups in total. The lowest BCUT2D eigenvalue weighted by Crippen LogP contribution is -2.41. The maximum atomic E-state index is 12.2. The molecule has 0 aromatic heterocycles. The Hall–Kier alpha value is -1.58. The number of rotatable bonds is 2. The van der Waals surface area contributed by atoms with Gasteiger partial charge in [-0.1, -0.05) is 18.2 Å². The van der Waals surface area contributed by atoms with Crippen LogP contribution >= 0.6 is 0 Å². The van der Waals surface area contributed by atoms with E-state index in [1.807, 2.05) is 6.08 Å². The van der Waals surface area contributed by atoms with Crippen LogP contribution in [0.5, 0.6) is 0 Å². The fourth-order valence-corrected chi connectivity index (χ4v) is 2.36. The molecule has 0 fully saturated rings. The fraction of sp³-hybridized carbons (Fsp3) is 0.538. The minimum Gasteiger partial charge on any atom is -0.478 e. The van der Waals surface area contributed by atoms with Gasteiger partial charge in [-0.15, -0.1) is 0 Å². The number of aliphatic carboxylic acids is 1. The quantitative estimate of drug-likeness (QED) is 0.739. The van der Waals surface area contributed by atoms with E-state index in [2.05, 4.69) is 6.08 Å². The van der Waals surface area contributed by atoms with Gasteiger partial charge in [0.2, 0.25) is 5.91 Å². The normalized spacial score (nSPS) is 24.4. The number of carboxylic acid groups (broad SMARTS) is 1. The molecule has 92 valence electrons. The van der Waals surface area contributed by atoms with E-state index in [0.29, 0.717) is 18.5 Å². The largest absolute Gasteiger partial charge is 0.478 e. The predicted molar refractivity (Wildman–Crippen MR) is 63.4 cm³/mol. The number of carboxylic acids is 1. The molecule has 1 heterocycles. The molecule has 0 radical (unpaired) electrons. The second-order valence-corrected chi connectivity index (χ2v) is 4.56. The molecule has 4 nitrogen and oxygen atoms in total. The van der Waals surface area contributed by atoms with Crippen LogP contribution < -0.4 is 0 Å². The maximum Gasteiger partial charge on any atom is 0.333 e.